The van der Waals surface area contributed by atoms with Crippen LogP contribution in [0.5, 0.6) is 0 Å². The van der Waals surface area contributed by atoms with Gasteiger partial charge in [-0.25, -0.2) is 4.79 Å². The Morgan fingerprint density at radius 1 is 1.56 bits per heavy atom. The summed E-state index contributed by atoms with van der Waals surface area (Å²) >= 11 is 0. The molecule has 92 valence electrons. The SMILES string of the molecule is CCC1(CNC(=O)N2CCC[C@@H]2CO)CC1. The zero-order valence-electron chi connectivity index (χ0n) is 10.0. The van der Waals surface area contributed by atoms with Crippen molar-refractivity contribution in [1.82, 2.24) is 10.2 Å². The molecule has 1 saturated heterocycles. The van der Waals surface area contributed by atoms with Crippen LogP contribution in [0.4, 0.5) is 4.79 Å². The zero-order chi connectivity index (χ0) is 11.6. The quantitative estimate of drug-likeness (QED) is 0.760. The third-order valence-electron chi connectivity index (χ3n) is 4.17. The van der Waals surface area contributed by atoms with E-state index in [4.69, 9.17) is 5.11 Å². The molecule has 1 aliphatic heterocycles. The topological polar surface area (TPSA) is 52.6 Å². The molecule has 0 unspecified atom stereocenters. The molecule has 2 fully saturated rings. The number of hydrogen-bond acceptors (Lipinski definition) is 2. The number of urea groups is 1. The lowest BCUT2D eigenvalue weighted by molar-refractivity contribution is 0.155. The Morgan fingerprint density at radius 3 is 2.88 bits per heavy atom. The lowest BCUT2D eigenvalue weighted by Crippen LogP contribution is -2.45. The van der Waals surface area contributed by atoms with Gasteiger partial charge in [0, 0.05) is 13.1 Å². The molecule has 0 aromatic rings. The first-order chi connectivity index (χ1) is 7.71. The maximum Gasteiger partial charge on any atom is 0.317 e. The minimum absolute atomic E-state index is 0.0104. The van der Waals surface area contributed by atoms with Crippen molar-refractivity contribution >= 4 is 6.03 Å². The normalized spacial score (nSPS) is 26.9. The maximum atomic E-state index is 11.9. The minimum Gasteiger partial charge on any atom is -0.394 e. The molecule has 0 radical (unpaired) electrons. The zero-order valence-corrected chi connectivity index (χ0v) is 10.0. The van der Waals surface area contributed by atoms with E-state index in [9.17, 15) is 4.79 Å². The van der Waals surface area contributed by atoms with Crippen LogP contribution < -0.4 is 5.32 Å². The van der Waals surface area contributed by atoms with E-state index in [1.54, 1.807) is 4.90 Å². The van der Waals surface area contributed by atoms with Crippen LogP contribution in [-0.4, -0.2) is 41.8 Å². The number of hydrogen-bond donors (Lipinski definition) is 2. The standard InChI is InChI=1S/C12H22N2O2/c1-2-12(5-6-12)9-13-11(16)14-7-3-4-10(14)8-15/h10,15H,2-9H2,1H3,(H,13,16)/t10-/m1/s1. The Labute approximate surface area is 97.0 Å². The van der Waals surface area contributed by atoms with Gasteiger partial charge in [0.15, 0.2) is 0 Å². The van der Waals surface area contributed by atoms with Crippen LogP contribution in [-0.2, 0) is 0 Å². The van der Waals surface area contributed by atoms with Crippen molar-refractivity contribution in [2.45, 2.75) is 45.1 Å². The monoisotopic (exact) mass is 226 g/mol. The highest BCUT2D eigenvalue weighted by Crippen LogP contribution is 2.47. The van der Waals surface area contributed by atoms with E-state index >= 15 is 0 Å². The summed E-state index contributed by atoms with van der Waals surface area (Å²) in [5.41, 5.74) is 0.393. The summed E-state index contributed by atoms with van der Waals surface area (Å²) in [5, 5.41) is 12.2. The van der Waals surface area contributed by atoms with Gasteiger partial charge in [0.1, 0.15) is 0 Å². The van der Waals surface area contributed by atoms with Crippen molar-refractivity contribution in [2.75, 3.05) is 19.7 Å². The minimum atomic E-state index is 0.0104. The summed E-state index contributed by atoms with van der Waals surface area (Å²) in [7, 11) is 0. The van der Waals surface area contributed by atoms with Crippen molar-refractivity contribution < 1.29 is 9.90 Å². The lowest BCUT2D eigenvalue weighted by Gasteiger charge is -2.24. The van der Waals surface area contributed by atoms with Gasteiger partial charge in [0.2, 0.25) is 0 Å². The van der Waals surface area contributed by atoms with E-state index < -0.39 is 0 Å². The highest BCUT2D eigenvalue weighted by atomic mass is 16.3. The Kier molecular flexibility index (Phi) is 3.38. The Morgan fingerprint density at radius 2 is 2.31 bits per heavy atom. The van der Waals surface area contributed by atoms with Gasteiger partial charge in [-0.2, -0.15) is 0 Å². The molecule has 2 aliphatic rings. The number of aliphatic hydroxyl groups excluding tert-OH is 1. The fraction of sp³-hybridized carbons (Fsp3) is 0.917. The second kappa shape index (κ2) is 4.62. The molecule has 0 bridgehead atoms. The first-order valence-corrected chi connectivity index (χ1v) is 6.36. The summed E-state index contributed by atoms with van der Waals surface area (Å²) in [6.07, 6.45) is 5.58. The molecule has 0 aromatic heterocycles. The largest absolute Gasteiger partial charge is 0.394 e. The van der Waals surface area contributed by atoms with Crippen molar-refractivity contribution in [3.8, 4) is 0 Å². The predicted molar refractivity (Wildman–Crippen MR) is 62.2 cm³/mol. The molecule has 4 nitrogen and oxygen atoms in total. The number of likely N-dealkylation sites (tertiary alicyclic amines) is 1. The maximum absolute atomic E-state index is 11.9. The Balaban J connectivity index is 1.79. The first-order valence-electron chi connectivity index (χ1n) is 6.36. The number of amides is 2. The number of aliphatic hydroxyl groups is 1. The summed E-state index contributed by atoms with van der Waals surface area (Å²) in [4.78, 5) is 13.7. The van der Waals surface area contributed by atoms with Gasteiger partial charge in [-0.1, -0.05) is 6.92 Å². The molecule has 2 N–H and O–H groups in total. The van der Waals surface area contributed by atoms with Gasteiger partial charge in [-0.3, -0.25) is 0 Å². The molecule has 2 amide bonds. The van der Waals surface area contributed by atoms with Gasteiger partial charge in [-0.05, 0) is 37.5 Å². The van der Waals surface area contributed by atoms with Crippen molar-refractivity contribution in [2.24, 2.45) is 5.41 Å². The van der Waals surface area contributed by atoms with Crippen molar-refractivity contribution in [3.05, 3.63) is 0 Å². The highest BCUT2D eigenvalue weighted by molar-refractivity contribution is 5.75. The second-order valence-corrected chi connectivity index (χ2v) is 5.18. The van der Waals surface area contributed by atoms with Crippen LogP contribution >= 0.6 is 0 Å². The summed E-state index contributed by atoms with van der Waals surface area (Å²) in [6.45, 7) is 3.87. The molecule has 1 atom stereocenters. The first kappa shape index (κ1) is 11.7. The molecule has 4 heteroatoms. The third kappa shape index (κ3) is 2.32. The van der Waals surface area contributed by atoms with Gasteiger partial charge in [-0.15, -0.1) is 0 Å². The average Bonchev–Trinajstić information content (AvgIpc) is 2.94. The van der Waals surface area contributed by atoms with Crippen LogP contribution in [0.15, 0.2) is 0 Å². The van der Waals surface area contributed by atoms with Gasteiger partial charge in [0.05, 0.1) is 12.6 Å². The number of nitrogens with one attached hydrogen (secondary N) is 1. The van der Waals surface area contributed by atoms with Crippen LogP contribution in [0, 0.1) is 5.41 Å². The molecule has 1 aliphatic carbocycles. The van der Waals surface area contributed by atoms with E-state index in [2.05, 4.69) is 12.2 Å². The molecule has 0 spiro atoms. The number of rotatable bonds is 4. The molecule has 1 saturated carbocycles. The van der Waals surface area contributed by atoms with Crippen LogP contribution in [0.3, 0.4) is 0 Å². The van der Waals surface area contributed by atoms with Crippen molar-refractivity contribution in [1.29, 1.82) is 0 Å². The summed E-state index contributed by atoms with van der Waals surface area (Å²) in [5.74, 6) is 0. The smallest absolute Gasteiger partial charge is 0.317 e. The third-order valence-corrected chi connectivity index (χ3v) is 4.17. The molecule has 16 heavy (non-hydrogen) atoms. The van der Waals surface area contributed by atoms with Crippen molar-refractivity contribution in [3.63, 3.8) is 0 Å². The lowest BCUT2D eigenvalue weighted by atomic mass is 10.0. The van der Waals surface area contributed by atoms with E-state index in [1.807, 2.05) is 0 Å². The molecule has 1 heterocycles. The second-order valence-electron chi connectivity index (χ2n) is 5.18. The number of carbonyl (C=O) groups is 1. The van der Waals surface area contributed by atoms with Crippen LogP contribution in [0.25, 0.3) is 0 Å². The number of nitrogens with zero attached hydrogens (tertiary/aromatic N) is 1. The molecule has 2 rings (SSSR count). The summed E-state index contributed by atoms with van der Waals surface area (Å²) < 4.78 is 0. The van der Waals surface area contributed by atoms with Gasteiger partial charge in [0.25, 0.3) is 0 Å². The predicted octanol–water partition coefficient (Wildman–Crippen LogP) is 1.34. The Hall–Kier alpha value is -0.770. The molecular weight excluding hydrogens is 204 g/mol. The van der Waals surface area contributed by atoms with Gasteiger partial charge >= 0.3 is 6.03 Å². The number of carbonyl (C=O) groups excluding carboxylic acids is 1. The van der Waals surface area contributed by atoms with E-state index in [1.165, 1.54) is 12.8 Å². The molecule has 0 aromatic carbocycles. The van der Waals surface area contributed by atoms with Crippen LogP contribution in [0.2, 0.25) is 0 Å². The summed E-state index contributed by atoms with van der Waals surface area (Å²) in [6, 6.07) is 0.0491. The van der Waals surface area contributed by atoms with Gasteiger partial charge < -0.3 is 15.3 Å². The average molecular weight is 226 g/mol. The highest BCUT2D eigenvalue weighted by Gasteiger charge is 2.41. The van der Waals surface area contributed by atoms with Crippen LogP contribution in [0.1, 0.15) is 39.0 Å². The molecular formula is C12H22N2O2. The van der Waals surface area contributed by atoms with E-state index in [-0.39, 0.29) is 18.7 Å². The van der Waals surface area contributed by atoms with E-state index in [0.29, 0.717) is 5.41 Å². The van der Waals surface area contributed by atoms with E-state index in [0.717, 1.165) is 32.4 Å². The fourth-order valence-corrected chi connectivity index (χ4v) is 2.49. The Bertz CT molecular complexity index is 264. The fourth-order valence-electron chi connectivity index (χ4n) is 2.49.